The molecule has 2 aliphatic rings. The van der Waals surface area contributed by atoms with Gasteiger partial charge in [-0.05, 0) is 38.1 Å². The van der Waals surface area contributed by atoms with E-state index in [2.05, 4.69) is 70.3 Å². The maximum Gasteiger partial charge on any atom is 0.255 e. The minimum atomic E-state index is -0.378. The molecule has 0 aliphatic carbocycles. The zero-order valence-electron chi connectivity index (χ0n) is 16.2. The summed E-state index contributed by atoms with van der Waals surface area (Å²) in [5, 5.41) is 3.14. The van der Waals surface area contributed by atoms with Crippen LogP contribution in [0.15, 0.2) is 54.6 Å². The van der Waals surface area contributed by atoms with Gasteiger partial charge in [-0.3, -0.25) is 9.69 Å². The molecular formula is C22H28N4O. The number of hydrogen-bond acceptors (Lipinski definition) is 4. The van der Waals surface area contributed by atoms with E-state index in [4.69, 9.17) is 0 Å². The highest BCUT2D eigenvalue weighted by molar-refractivity contribution is 6.02. The van der Waals surface area contributed by atoms with Crippen LogP contribution >= 0.6 is 0 Å². The number of carbonyl (C=O) groups excluding carboxylic acids is 1. The SMILES string of the molecule is CC1(C)NC(=O)c2ccccc2N1CCN1CCN(c2ccccc2)CC1. The Labute approximate surface area is 161 Å². The van der Waals surface area contributed by atoms with Gasteiger partial charge < -0.3 is 15.1 Å². The smallest absolute Gasteiger partial charge is 0.255 e. The number of hydrogen-bond donors (Lipinski definition) is 1. The third kappa shape index (κ3) is 3.65. The van der Waals surface area contributed by atoms with Crippen molar-refractivity contribution in [2.24, 2.45) is 0 Å². The van der Waals surface area contributed by atoms with Gasteiger partial charge in [0, 0.05) is 45.0 Å². The first-order valence-electron chi connectivity index (χ1n) is 9.76. The number of anilines is 2. The van der Waals surface area contributed by atoms with Gasteiger partial charge in [-0.1, -0.05) is 30.3 Å². The zero-order valence-corrected chi connectivity index (χ0v) is 16.2. The summed E-state index contributed by atoms with van der Waals surface area (Å²) in [6.07, 6.45) is 0. The van der Waals surface area contributed by atoms with E-state index in [0.29, 0.717) is 0 Å². The molecular weight excluding hydrogens is 336 g/mol. The molecule has 1 amide bonds. The molecule has 2 aromatic carbocycles. The Balaban J connectivity index is 1.39. The minimum absolute atomic E-state index is 0.0170. The Hall–Kier alpha value is -2.53. The molecule has 1 N–H and O–H groups in total. The molecule has 2 heterocycles. The van der Waals surface area contributed by atoms with Gasteiger partial charge >= 0.3 is 0 Å². The van der Waals surface area contributed by atoms with Crippen molar-refractivity contribution < 1.29 is 4.79 Å². The van der Waals surface area contributed by atoms with E-state index in [1.807, 2.05) is 18.2 Å². The van der Waals surface area contributed by atoms with E-state index in [0.717, 1.165) is 50.5 Å². The summed E-state index contributed by atoms with van der Waals surface area (Å²) in [5.74, 6) is 0.0170. The van der Waals surface area contributed by atoms with Crippen molar-refractivity contribution in [2.75, 3.05) is 49.1 Å². The molecule has 27 heavy (non-hydrogen) atoms. The van der Waals surface area contributed by atoms with E-state index in [1.165, 1.54) is 5.69 Å². The highest BCUT2D eigenvalue weighted by Crippen LogP contribution is 2.30. The fourth-order valence-electron chi connectivity index (χ4n) is 4.12. The number of benzene rings is 2. The first-order valence-corrected chi connectivity index (χ1v) is 9.76. The molecule has 2 aliphatic heterocycles. The van der Waals surface area contributed by atoms with Gasteiger partial charge in [0.2, 0.25) is 0 Å². The highest BCUT2D eigenvalue weighted by atomic mass is 16.2. The van der Waals surface area contributed by atoms with Crippen molar-refractivity contribution in [1.29, 1.82) is 0 Å². The Morgan fingerprint density at radius 2 is 1.56 bits per heavy atom. The summed E-state index contributed by atoms with van der Waals surface area (Å²) in [7, 11) is 0. The molecule has 0 unspecified atom stereocenters. The Morgan fingerprint density at radius 3 is 2.30 bits per heavy atom. The van der Waals surface area contributed by atoms with Crippen LogP contribution in [-0.4, -0.2) is 55.7 Å². The molecule has 142 valence electrons. The number of piperazine rings is 1. The summed E-state index contributed by atoms with van der Waals surface area (Å²) in [5.41, 5.74) is 2.74. The molecule has 0 radical (unpaired) electrons. The van der Waals surface area contributed by atoms with Crippen LogP contribution in [0.25, 0.3) is 0 Å². The number of fused-ring (bicyclic) bond motifs is 1. The van der Waals surface area contributed by atoms with Gasteiger partial charge in [-0.2, -0.15) is 0 Å². The number of para-hydroxylation sites is 2. The number of nitrogens with zero attached hydrogens (tertiary/aromatic N) is 3. The van der Waals surface area contributed by atoms with Crippen molar-refractivity contribution in [3.05, 3.63) is 60.2 Å². The van der Waals surface area contributed by atoms with Gasteiger partial charge in [0.25, 0.3) is 5.91 Å². The molecule has 0 bridgehead atoms. The number of nitrogens with one attached hydrogen (secondary N) is 1. The molecule has 1 saturated heterocycles. The second-order valence-corrected chi connectivity index (χ2v) is 7.85. The molecule has 0 spiro atoms. The molecule has 0 atom stereocenters. The number of rotatable bonds is 4. The van der Waals surface area contributed by atoms with E-state index >= 15 is 0 Å². The van der Waals surface area contributed by atoms with Crippen LogP contribution in [0, 0.1) is 0 Å². The molecule has 5 heteroatoms. The normalized spacial score (nSPS) is 19.6. The van der Waals surface area contributed by atoms with E-state index in [1.54, 1.807) is 0 Å². The first-order chi connectivity index (χ1) is 13.0. The number of amides is 1. The highest BCUT2D eigenvalue weighted by Gasteiger charge is 2.36. The quantitative estimate of drug-likeness (QED) is 0.906. The predicted molar refractivity (Wildman–Crippen MR) is 110 cm³/mol. The molecule has 2 aromatic rings. The van der Waals surface area contributed by atoms with Crippen LogP contribution in [0.4, 0.5) is 11.4 Å². The van der Waals surface area contributed by atoms with Gasteiger partial charge in [0.1, 0.15) is 5.66 Å². The van der Waals surface area contributed by atoms with E-state index in [-0.39, 0.29) is 11.6 Å². The summed E-state index contributed by atoms with van der Waals surface area (Å²) < 4.78 is 0. The van der Waals surface area contributed by atoms with Gasteiger partial charge in [0.15, 0.2) is 0 Å². The second-order valence-electron chi connectivity index (χ2n) is 7.85. The third-order valence-corrected chi connectivity index (χ3v) is 5.67. The van der Waals surface area contributed by atoms with Crippen LogP contribution in [0.1, 0.15) is 24.2 Å². The molecule has 0 aromatic heterocycles. The topological polar surface area (TPSA) is 38.8 Å². The summed E-state index contributed by atoms with van der Waals surface area (Å²) in [6, 6.07) is 18.6. The monoisotopic (exact) mass is 364 g/mol. The van der Waals surface area contributed by atoms with Crippen molar-refractivity contribution in [2.45, 2.75) is 19.5 Å². The van der Waals surface area contributed by atoms with E-state index in [9.17, 15) is 4.79 Å². The van der Waals surface area contributed by atoms with E-state index < -0.39 is 0 Å². The largest absolute Gasteiger partial charge is 0.369 e. The van der Waals surface area contributed by atoms with Crippen molar-refractivity contribution in [3.8, 4) is 0 Å². The molecule has 5 nitrogen and oxygen atoms in total. The lowest BCUT2D eigenvalue weighted by atomic mass is 10.0. The zero-order chi connectivity index (χ0) is 18.9. The van der Waals surface area contributed by atoms with Crippen molar-refractivity contribution in [1.82, 2.24) is 10.2 Å². The van der Waals surface area contributed by atoms with Crippen LogP contribution in [0.3, 0.4) is 0 Å². The average Bonchev–Trinajstić information content (AvgIpc) is 2.68. The Morgan fingerprint density at radius 1 is 0.889 bits per heavy atom. The van der Waals surface area contributed by atoms with Crippen molar-refractivity contribution >= 4 is 17.3 Å². The van der Waals surface area contributed by atoms with Crippen LogP contribution in [0.5, 0.6) is 0 Å². The van der Waals surface area contributed by atoms with Crippen molar-refractivity contribution in [3.63, 3.8) is 0 Å². The molecule has 0 saturated carbocycles. The Kier molecular flexibility index (Phi) is 4.79. The standard InChI is InChI=1S/C22H28N4O/c1-22(2)23-21(27)19-10-6-7-11-20(19)26(22)17-14-24-12-15-25(16-13-24)18-8-4-3-5-9-18/h3-11H,12-17H2,1-2H3,(H,23,27). The first kappa shape index (κ1) is 17.9. The second kappa shape index (κ2) is 7.24. The lowest BCUT2D eigenvalue weighted by Gasteiger charge is -2.46. The minimum Gasteiger partial charge on any atom is -0.369 e. The molecule has 1 fully saturated rings. The lowest BCUT2D eigenvalue weighted by Crippen LogP contribution is -2.62. The van der Waals surface area contributed by atoms with Gasteiger partial charge in [-0.15, -0.1) is 0 Å². The number of carbonyl (C=O) groups is 1. The van der Waals surface area contributed by atoms with Crippen LogP contribution in [-0.2, 0) is 0 Å². The molecule has 4 rings (SSSR count). The Bertz CT molecular complexity index is 797. The van der Waals surface area contributed by atoms with Crippen LogP contribution in [0.2, 0.25) is 0 Å². The maximum atomic E-state index is 12.4. The fraction of sp³-hybridized carbons (Fsp3) is 0.409. The fourth-order valence-corrected chi connectivity index (χ4v) is 4.12. The van der Waals surface area contributed by atoms with Gasteiger partial charge in [0.05, 0.1) is 11.3 Å². The van der Waals surface area contributed by atoms with Gasteiger partial charge in [-0.25, -0.2) is 0 Å². The van der Waals surface area contributed by atoms with Crippen LogP contribution < -0.4 is 15.1 Å². The predicted octanol–water partition coefficient (Wildman–Crippen LogP) is 2.79. The summed E-state index contributed by atoms with van der Waals surface area (Å²) in [4.78, 5) is 19.7. The average molecular weight is 364 g/mol. The maximum absolute atomic E-state index is 12.4. The summed E-state index contributed by atoms with van der Waals surface area (Å²) >= 11 is 0. The lowest BCUT2D eigenvalue weighted by molar-refractivity contribution is 0.0896. The third-order valence-electron chi connectivity index (χ3n) is 5.67. The summed E-state index contributed by atoms with van der Waals surface area (Å²) in [6.45, 7) is 10.3.